The lowest BCUT2D eigenvalue weighted by atomic mass is 10.0. The zero-order valence-electron chi connectivity index (χ0n) is 15.4. The summed E-state index contributed by atoms with van der Waals surface area (Å²) in [6.07, 6.45) is -1.69. The molecule has 158 valence electrons. The van der Waals surface area contributed by atoms with Gasteiger partial charge in [-0.3, -0.25) is 19.6 Å². The average Bonchev–Trinajstić information content (AvgIpc) is 3.13. The first-order valence-electron chi connectivity index (χ1n) is 8.27. The normalized spacial score (nSPS) is 12.2. The second kappa shape index (κ2) is 8.55. The van der Waals surface area contributed by atoms with Crippen molar-refractivity contribution in [3.05, 3.63) is 52.3 Å². The molecule has 0 radical (unpaired) electrons. The molecule has 8 nitrogen and oxygen atoms in total. The van der Waals surface area contributed by atoms with E-state index >= 15 is 0 Å². The van der Waals surface area contributed by atoms with Gasteiger partial charge in [0.2, 0.25) is 0 Å². The van der Waals surface area contributed by atoms with Crippen LogP contribution in [0.2, 0.25) is 0 Å². The number of nitro groups is 1. The number of rotatable bonds is 9. The number of amides is 1. The van der Waals surface area contributed by atoms with E-state index in [4.69, 9.17) is 0 Å². The average molecular weight is 418 g/mol. The number of alkyl halides is 4. The summed E-state index contributed by atoms with van der Waals surface area (Å²) in [5.74, 6) is -4.79. The summed E-state index contributed by atoms with van der Waals surface area (Å²) in [7, 11) is 0. The Kier molecular flexibility index (Phi) is 6.57. The molecule has 2 rings (SSSR count). The van der Waals surface area contributed by atoms with Gasteiger partial charge in [-0.05, 0) is 31.5 Å². The van der Waals surface area contributed by atoms with Crippen LogP contribution >= 0.6 is 0 Å². The summed E-state index contributed by atoms with van der Waals surface area (Å²) in [5.41, 5.74) is -0.877. The Balaban J connectivity index is 2.03. The SMILES string of the molecule is CC(C)(C(=O)Nc1cccc(COCC(F)(F)C(F)F)c1)n1cc([N+](=O)[O-])cn1. The quantitative estimate of drug-likeness (QED) is 0.381. The molecule has 1 N–H and O–H groups in total. The van der Waals surface area contributed by atoms with Crippen LogP contribution in [0.3, 0.4) is 0 Å². The molecule has 1 heterocycles. The number of nitrogens with zero attached hydrogens (tertiary/aromatic N) is 3. The van der Waals surface area contributed by atoms with Crippen LogP contribution in [0, 0.1) is 10.1 Å². The highest BCUT2D eigenvalue weighted by Crippen LogP contribution is 2.24. The predicted molar refractivity (Wildman–Crippen MR) is 93.9 cm³/mol. The van der Waals surface area contributed by atoms with Crippen molar-refractivity contribution in [3.8, 4) is 0 Å². The highest BCUT2D eigenvalue weighted by Gasteiger charge is 2.41. The van der Waals surface area contributed by atoms with Crippen LogP contribution in [0.4, 0.5) is 28.9 Å². The maximum atomic E-state index is 12.9. The van der Waals surface area contributed by atoms with E-state index in [-0.39, 0.29) is 12.3 Å². The Morgan fingerprint density at radius 3 is 2.66 bits per heavy atom. The summed E-state index contributed by atoms with van der Waals surface area (Å²) in [5, 5.41) is 17.2. The number of ether oxygens (including phenoxy) is 1. The van der Waals surface area contributed by atoms with Crippen LogP contribution in [0.1, 0.15) is 19.4 Å². The van der Waals surface area contributed by atoms with Crippen molar-refractivity contribution in [1.29, 1.82) is 0 Å². The second-order valence-electron chi connectivity index (χ2n) is 6.67. The highest BCUT2D eigenvalue weighted by atomic mass is 19.3. The predicted octanol–water partition coefficient (Wildman–Crippen LogP) is 3.58. The second-order valence-corrected chi connectivity index (χ2v) is 6.67. The first-order valence-corrected chi connectivity index (χ1v) is 8.27. The summed E-state index contributed by atoms with van der Waals surface area (Å²) in [6.45, 7) is 1.20. The first kappa shape index (κ1) is 22.3. The largest absolute Gasteiger partial charge is 0.370 e. The summed E-state index contributed by atoms with van der Waals surface area (Å²) in [4.78, 5) is 22.7. The molecule has 0 unspecified atom stereocenters. The van der Waals surface area contributed by atoms with Crippen molar-refractivity contribution in [2.45, 2.75) is 38.3 Å². The van der Waals surface area contributed by atoms with Gasteiger partial charge >= 0.3 is 18.0 Å². The smallest absolute Gasteiger partial charge is 0.330 e. The molecule has 0 bridgehead atoms. The number of carbonyl (C=O) groups is 1. The minimum Gasteiger partial charge on any atom is -0.370 e. The minimum atomic E-state index is -4.25. The molecule has 0 atom stereocenters. The van der Waals surface area contributed by atoms with Crippen molar-refractivity contribution in [1.82, 2.24) is 9.78 Å². The third-order valence-electron chi connectivity index (χ3n) is 3.98. The molecule has 0 spiro atoms. The Labute approximate surface area is 162 Å². The molecule has 0 saturated heterocycles. The van der Waals surface area contributed by atoms with E-state index in [0.29, 0.717) is 11.3 Å². The highest BCUT2D eigenvalue weighted by molar-refractivity contribution is 5.96. The standard InChI is InChI=1S/C17H18F4N4O4/c1-16(2,24-8-13(7-22-24)25(27)28)15(26)23-12-5-3-4-11(6-12)9-29-10-17(20,21)14(18)19/h3-8,14H,9-10H2,1-2H3,(H,23,26). The number of nitrogens with one attached hydrogen (secondary N) is 1. The van der Waals surface area contributed by atoms with Crippen LogP contribution in [0.15, 0.2) is 36.7 Å². The van der Waals surface area contributed by atoms with Crippen LogP contribution in [-0.4, -0.2) is 39.6 Å². The van der Waals surface area contributed by atoms with Gasteiger partial charge in [0, 0.05) is 5.69 Å². The van der Waals surface area contributed by atoms with E-state index in [1.54, 1.807) is 0 Å². The number of hydrogen-bond acceptors (Lipinski definition) is 5. The van der Waals surface area contributed by atoms with Crippen molar-refractivity contribution in [3.63, 3.8) is 0 Å². The van der Waals surface area contributed by atoms with Crippen LogP contribution < -0.4 is 5.32 Å². The van der Waals surface area contributed by atoms with Gasteiger partial charge in [-0.2, -0.15) is 13.9 Å². The molecule has 1 aromatic heterocycles. The fourth-order valence-electron chi connectivity index (χ4n) is 2.21. The topological polar surface area (TPSA) is 99.3 Å². The van der Waals surface area contributed by atoms with Gasteiger partial charge in [0.05, 0.1) is 11.5 Å². The number of anilines is 1. The Morgan fingerprint density at radius 2 is 2.07 bits per heavy atom. The molecule has 2 aromatic rings. The third-order valence-corrected chi connectivity index (χ3v) is 3.98. The number of benzene rings is 1. The van der Waals surface area contributed by atoms with E-state index < -0.39 is 35.3 Å². The van der Waals surface area contributed by atoms with E-state index in [1.807, 2.05) is 0 Å². The molecule has 0 fully saturated rings. The molecule has 0 aliphatic rings. The first-order chi connectivity index (χ1) is 13.4. The zero-order chi connectivity index (χ0) is 21.8. The molecule has 12 heteroatoms. The summed E-state index contributed by atoms with van der Waals surface area (Å²) < 4.78 is 55.8. The fourth-order valence-corrected chi connectivity index (χ4v) is 2.21. The van der Waals surface area contributed by atoms with E-state index in [1.165, 1.54) is 38.1 Å². The molecule has 1 amide bonds. The lowest BCUT2D eigenvalue weighted by Gasteiger charge is -2.24. The lowest BCUT2D eigenvalue weighted by molar-refractivity contribution is -0.385. The summed E-state index contributed by atoms with van der Waals surface area (Å²) in [6, 6.07) is 5.99. The van der Waals surface area contributed by atoms with Gasteiger partial charge in [0.25, 0.3) is 5.91 Å². The van der Waals surface area contributed by atoms with E-state index in [0.717, 1.165) is 17.1 Å². The fraction of sp³-hybridized carbons (Fsp3) is 0.412. The van der Waals surface area contributed by atoms with Crippen LogP contribution in [0.5, 0.6) is 0 Å². The van der Waals surface area contributed by atoms with E-state index in [9.17, 15) is 32.5 Å². The Morgan fingerprint density at radius 1 is 1.38 bits per heavy atom. The lowest BCUT2D eigenvalue weighted by Crippen LogP contribution is -2.40. The monoisotopic (exact) mass is 418 g/mol. The van der Waals surface area contributed by atoms with Gasteiger partial charge in [0.15, 0.2) is 0 Å². The van der Waals surface area contributed by atoms with Gasteiger partial charge in [-0.15, -0.1) is 0 Å². The molecular formula is C17H18F4N4O4. The molecule has 0 aliphatic heterocycles. The van der Waals surface area contributed by atoms with Crippen molar-refractivity contribution in [2.75, 3.05) is 11.9 Å². The number of carbonyl (C=O) groups excluding carboxylic acids is 1. The molecule has 29 heavy (non-hydrogen) atoms. The maximum Gasteiger partial charge on any atom is 0.330 e. The Hall–Kier alpha value is -3.02. The van der Waals surface area contributed by atoms with Crippen molar-refractivity contribution < 1.29 is 32.0 Å². The van der Waals surface area contributed by atoms with Gasteiger partial charge in [-0.1, -0.05) is 12.1 Å². The number of halogens is 4. The van der Waals surface area contributed by atoms with Crippen LogP contribution in [0.25, 0.3) is 0 Å². The molecular weight excluding hydrogens is 400 g/mol. The maximum absolute atomic E-state index is 12.9. The molecule has 0 aliphatic carbocycles. The van der Waals surface area contributed by atoms with Gasteiger partial charge in [0.1, 0.15) is 24.5 Å². The minimum absolute atomic E-state index is 0.273. The number of hydrogen-bond donors (Lipinski definition) is 1. The molecule has 0 saturated carbocycles. The van der Waals surface area contributed by atoms with Crippen LogP contribution in [-0.2, 0) is 21.7 Å². The summed E-state index contributed by atoms with van der Waals surface area (Å²) >= 11 is 0. The van der Waals surface area contributed by atoms with E-state index in [2.05, 4.69) is 15.2 Å². The van der Waals surface area contributed by atoms with Crippen molar-refractivity contribution >= 4 is 17.3 Å². The molecule has 1 aromatic carbocycles. The Bertz CT molecular complexity index is 886. The van der Waals surface area contributed by atoms with Gasteiger partial charge < -0.3 is 10.1 Å². The van der Waals surface area contributed by atoms with Crippen molar-refractivity contribution in [2.24, 2.45) is 0 Å². The third kappa shape index (κ3) is 5.50. The van der Waals surface area contributed by atoms with Gasteiger partial charge in [-0.25, -0.2) is 8.78 Å². The number of aromatic nitrogens is 2. The zero-order valence-corrected chi connectivity index (χ0v) is 15.4.